The Labute approximate surface area is 70.1 Å². The minimum atomic E-state index is 0.341. The van der Waals surface area contributed by atoms with Crippen molar-refractivity contribution in [3.63, 3.8) is 0 Å². The molecular weight excluding hydrogens is 156 g/mol. The molecule has 1 fully saturated rings. The molecule has 1 heterocycles. The van der Waals surface area contributed by atoms with Gasteiger partial charge in [-0.1, -0.05) is 6.07 Å². The van der Waals surface area contributed by atoms with Crippen LogP contribution >= 0.6 is 11.3 Å². The summed E-state index contributed by atoms with van der Waals surface area (Å²) in [5, 5.41) is 2.07. The Bertz CT molecular complexity index is 263. The topological polar surface area (TPSA) is 17.1 Å². The van der Waals surface area contributed by atoms with Crippen LogP contribution in [0.5, 0.6) is 0 Å². The highest BCUT2D eigenvalue weighted by Gasteiger charge is 2.42. The molecule has 1 aromatic heterocycles. The maximum atomic E-state index is 10.9. The molecule has 1 aromatic rings. The van der Waals surface area contributed by atoms with E-state index in [-0.39, 0.29) is 0 Å². The Hall–Kier alpha value is -0.630. The molecule has 1 aliphatic carbocycles. The van der Waals surface area contributed by atoms with Crippen molar-refractivity contribution in [2.45, 2.75) is 19.3 Å². The zero-order chi connectivity index (χ0) is 7.84. The minimum absolute atomic E-state index is 0.341. The van der Waals surface area contributed by atoms with Gasteiger partial charge in [0.25, 0.3) is 0 Å². The van der Waals surface area contributed by atoms with Gasteiger partial charge in [-0.15, -0.1) is 11.3 Å². The molecule has 0 saturated heterocycles. The highest BCUT2D eigenvalue weighted by atomic mass is 32.1. The standard InChI is InChI=1S/C9H10OS/c1-6(10)7-5-8(7)9-3-2-4-11-9/h2-4,7-8H,5H2,1H3. The van der Waals surface area contributed by atoms with Gasteiger partial charge >= 0.3 is 0 Å². The van der Waals surface area contributed by atoms with E-state index < -0.39 is 0 Å². The molecule has 0 aromatic carbocycles. The van der Waals surface area contributed by atoms with Gasteiger partial charge in [0, 0.05) is 16.7 Å². The lowest BCUT2D eigenvalue weighted by Gasteiger charge is -1.89. The van der Waals surface area contributed by atoms with Crippen LogP contribution in [0.25, 0.3) is 0 Å². The van der Waals surface area contributed by atoms with Gasteiger partial charge in [-0.3, -0.25) is 4.79 Å². The van der Waals surface area contributed by atoms with Gasteiger partial charge < -0.3 is 0 Å². The molecular formula is C9H10OS. The lowest BCUT2D eigenvalue weighted by molar-refractivity contribution is -0.118. The molecule has 0 amide bonds. The van der Waals surface area contributed by atoms with Crippen molar-refractivity contribution in [3.05, 3.63) is 22.4 Å². The number of ketones is 1. The molecule has 2 rings (SSSR count). The van der Waals surface area contributed by atoms with Crippen molar-refractivity contribution >= 4 is 17.1 Å². The lowest BCUT2D eigenvalue weighted by atomic mass is 10.2. The number of hydrogen-bond acceptors (Lipinski definition) is 2. The first-order valence-corrected chi connectivity index (χ1v) is 4.71. The number of hydrogen-bond donors (Lipinski definition) is 0. The van der Waals surface area contributed by atoms with Crippen LogP contribution in [-0.2, 0) is 4.79 Å². The summed E-state index contributed by atoms with van der Waals surface area (Å²) in [5.74, 6) is 1.25. The third-order valence-corrected chi connectivity index (χ3v) is 3.23. The second kappa shape index (κ2) is 2.45. The highest BCUT2D eigenvalue weighted by molar-refractivity contribution is 7.10. The fraction of sp³-hybridized carbons (Fsp3) is 0.444. The van der Waals surface area contributed by atoms with E-state index in [1.165, 1.54) is 4.88 Å². The molecule has 0 spiro atoms. The summed E-state index contributed by atoms with van der Waals surface area (Å²) < 4.78 is 0. The third-order valence-electron chi connectivity index (χ3n) is 2.22. The first-order valence-electron chi connectivity index (χ1n) is 3.83. The molecule has 2 unspecified atom stereocenters. The van der Waals surface area contributed by atoms with Gasteiger partial charge in [0.2, 0.25) is 0 Å². The second-order valence-corrected chi connectivity index (χ2v) is 4.05. The fourth-order valence-corrected chi connectivity index (χ4v) is 2.37. The summed E-state index contributed by atoms with van der Waals surface area (Å²) in [6.07, 6.45) is 1.08. The van der Waals surface area contributed by atoms with Gasteiger partial charge in [0.05, 0.1) is 0 Å². The molecule has 0 bridgehead atoms. The second-order valence-electron chi connectivity index (χ2n) is 3.07. The van der Waals surface area contributed by atoms with E-state index in [9.17, 15) is 4.79 Å². The number of rotatable bonds is 2. The van der Waals surface area contributed by atoms with E-state index in [4.69, 9.17) is 0 Å². The van der Waals surface area contributed by atoms with Crippen LogP contribution < -0.4 is 0 Å². The Kier molecular flexibility index (Phi) is 1.57. The summed E-state index contributed by atoms with van der Waals surface area (Å²) in [6.45, 7) is 1.69. The average Bonchev–Trinajstić information content (AvgIpc) is 2.60. The molecule has 11 heavy (non-hydrogen) atoms. The van der Waals surface area contributed by atoms with Crippen molar-refractivity contribution < 1.29 is 4.79 Å². The Morgan fingerprint density at radius 2 is 2.55 bits per heavy atom. The fourth-order valence-electron chi connectivity index (χ4n) is 1.46. The predicted molar refractivity (Wildman–Crippen MR) is 45.8 cm³/mol. The summed E-state index contributed by atoms with van der Waals surface area (Å²) in [6, 6.07) is 4.17. The van der Waals surface area contributed by atoms with Crippen molar-refractivity contribution in [2.75, 3.05) is 0 Å². The quantitative estimate of drug-likeness (QED) is 0.659. The van der Waals surface area contributed by atoms with Gasteiger partial charge in [-0.05, 0) is 24.8 Å². The summed E-state index contributed by atoms with van der Waals surface area (Å²) in [7, 11) is 0. The van der Waals surface area contributed by atoms with Crippen molar-refractivity contribution in [1.29, 1.82) is 0 Å². The molecule has 0 aliphatic heterocycles. The van der Waals surface area contributed by atoms with Crippen LogP contribution in [0.2, 0.25) is 0 Å². The normalized spacial score (nSPS) is 28.5. The van der Waals surface area contributed by atoms with Crippen LogP contribution in [0.3, 0.4) is 0 Å². The molecule has 1 nitrogen and oxygen atoms in total. The molecule has 2 heteroatoms. The summed E-state index contributed by atoms with van der Waals surface area (Å²) >= 11 is 1.76. The molecule has 0 N–H and O–H groups in total. The molecule has 58 valence electrons. The van der Waals surface area contributed by atoms with Crippen LogP contribution in [0, 0.1) is 5.92 Å². The van der Waals surface area contributed by atoms with Gasteiger partial charge in [-0.25, -0.2) is 0 Å². The monoisotopic (exact) mass is 166 g/mol. The predicted octanol–water partition coefficient (Wildman–Crippen LogP) is 2.44. The number of Topliss-reactive ketones (excluding diaryl/α,β-unsaturated/α-hetero) is 1. The molecule has 0 radical (unpaired) electrons. The SMILES string of the molecule is CC(=O)C1CC1c1cccs1. The van der Waals surface area contributed by atoms with Gasteiger partial charge in [0.1, 0.15) is 5.78 Å². The Balaban J connectivity index is 2.08. The largest absolute Gasteiger partial charge is 0.300 e. The number of thiophene rings is 1. The highest BCUT2D eigenvalue weighted by Crippen LogP contribution is 2.49. The Morgan fingerprint density at radius 3 is 3.00 bits per heavy atom. The van der Waals surface area contributed by atoms with Crippen LogP contribution in [0.15, 0.2) is 17.5 Å². The smallest absolute Gasteiger partial charge is 0.133 e. The van der Waals surface area contributed by atoms with Crippen LogP contribution in [0.4, 0.5) is 0 Å². The number of carbonyl (C=O) groups excluding carboxylic acids is 1. The molecule has 1 aliphatic rings. The zero-order valence-corrected chi connectivity index (χ0v) is 7.23. The lowest BCUT2D eigenvalue weighted by Crippen LogP contribution is -1.93. The van der Waals surface area contributed by atoms with Crippen molar-refractivity contribution in [2.24, 2.45) is 5.92 Å². The van der Waals surface area contributed by atoms with Crippen LogP contribution in [-0.4, -0.2) is 5.78 Å². The maximum absolute atomic E-state index is 10.9. The van der Waals surface area contributed by atoms with Crippen molar-refractivity contribution in [1.82, 2.24) is 0 Å². The molecule has 2 atom stereocenters. The van der Waals surface area contributed by atoms with E-state index >= 15 is 0 Å². The van der Waals surface area contributed by atoms with E-state index in [1.54, 1.807) is 18.3 Å². The van der Waals surface area contributed by atoms with Gasteiger partial charge in [-0.2, -0.15) is 0 Å². The Morgan fingerprint density at radius 1 is 1.73 bits per heavy atom. The average molecular weight is 166 g/mol. The minimum Gasteiger partial charge on any atom is -0.300 e. The zero-order valence-electron chi connectivity index (χ0n) is 6.41. The summed E-state index contributed by atoms with van der Waals surface area (Å²) in [5.41, 5.74) is 0. The number of carbonyl (C=O) groups is 1. The molecule has 1 saturated carbocycles. The maximum Gasteiger partial charge on any atom is 0.133 e. The first-order chi connectivity index (χ1) is 5.29. The third kappa shape index (κ3) is 1.23. The van der Waals surface area contributed by atoms with Gasteiger partial charge in [0.15, 0.2) is 0 Å². The first kappa shape index (κ1) is 7.04. The van der Waals surface area contributed by atoms with Crippen LogP contribution in [0.1, 0.15) is 24.1 Å². The van der Waals surface area contributed by atoms with Crippen molar-refractivity contribution in [3.8, 4) is 0 Å². The van der Waals surface area contributed by atoms with E-state index in [0.29, 0.717) is 17.6 Å². The van der Waals surface area contributed by atoms with E-state index in [0.717, 1.165) is 6.42 Å². The van der Waals surface area contributed by atoms with E-state index in [2.05, 4.69) is 17.5 Å². The van der Waals surface area contributed by atoms with E-state index in [1.807, 2.05) is 0 Å². The summed E-state index contributed by atoms with van der Waals surface area (Å²) in [4.78, 5) is 12.3.